The minimum absolute atomic E-state index is 0.0614. The van der Waals surface area contributed by atoms with Gasteiger partial charge in [0.05, 0.1) is 5.92 Å². The van der Waals surface area contributed by atoms with Crippen molar-refractivity contribution in [3.8, 4) is 0 Å². The fraction of sp³-hybridized carbons (Fsp3) is 0.294. The normalized spacial score (nSPS) is 24.0. The van der Waals surface area contributed by atoms with Gasteiger partial charge in [-0.2, -0.15) is 0 Å². The van der Waals surface area contributed by atoms with Crippen LogP contribution in [0.25, 0.3) is 0 Å². The fourth-order valence-corrected chi connectivity index (χ4v) is 3.37. The van der Waals surface area contributed by atoms with E-state index < -0.39 is 11.8 Å². The van der Waals surface area contributed by atoms with Crippen LogP contribution in [0.2, 0.25) is 0 Å². The van der Waals surface area contributed by atoms with Crippen molar-refractivity contribution in [2.75, 3.05) is 5.32 Å². The minimum atomic E-state index is -2.65. The Hall–Kier alpha value is -1.17. The number of alkyl halides is 2. The van der Waals surface area contributed by atoms with Gasteiger partial charge in [0.2, 0.25) is 0 Å². The standard InChI is InChI=1S/C17H16F2IN/c18-17(19)11-10-15(21-14-4-2-1-3-5-14)16(17)12-6-8-13(20)9-7-12/h1-9,15-16,21H,10-11H2. The van der Waals surface area contributed by atoms with Crippen LogP contribution >= 0.6 is 22.6 Å². The van der Waals surface area contributed by atoms with Crippen LogP contribution in [0.15, 0.2) is 54.6 Å². The lowest BCUT2D eigenvalue weighted by Gasteiger charge is -2.26. The predicted molar refractivity (Wildman–Crippen MR) is 89.9 cm³/mol. The third-order valence-electron chi connectivity index (χ3n) is 4.00. The van der Waals surface area contributed by atoms with Crippen molar-refractivity contribution in [2.24, 2.45) is 0 Å². The lowest BCUT2D eigenvalue weighted by molar-refractivity contribution is -0.0101. The third-order valence-corrected chi connectivity index (χ3v) is 4.72. The van der Waals surface area contributed by atoms with Crippen molar-refractivity contribution in [1.82, 2.24) is 0 Å². The molecule has 3 rings (SSSR count). The zero-order chi connectivity index (χ0) is 14.9. The van der Waals surface area contributed by atoms with Crippen molar-refractivity contribution < 1.29 is 8.78 Å². The van der Waals surface area contributed by atoms with Crippen molar-refractivity contribution in [3.05, 3.63) is 63.7 Å². The third kappa shape index (κ3) is 3.20. The van der Waals surface area contributed by atoms with E-state index in [1.54, 1.807) is 0 Å². The molecule has 0 saturated heterocycles. The molecule has 0 radical (unpaired) electrons. The van der Waals surface area contributed by atoms with E-state index in [1.165, 1.54) is 0 Å². The van der Waals surface area contributed by atoms with Crippen LogP contribution in [0.1, 0.15) is 24.3 Å². The molecule has 2 unspecified atom stereocenters. The van der Waals surface area contributed by atoms with Crippen molar-refractivity contribution in [2.45, 2.75) is 30.7 Å². The molecular formula is C17H16F2IN. The molecule has 1 aliphatic carbocycles. The first kappa shape index (κ1) is 14.8. The average Bonchev–Trinajstić information content (AvgIpc) is 2.76. The molecule has 21 heavy (non-hydrogen) atoms. The van der Waals surface area contributed by atoms with Crippen LogP contribution in [0.5, 0.6) is 0 Å². The lowest BCUT2D eigenvalue weighted by Crippen LogP contribution is -2.31. The van der Waals surface area contributed by atoms with Gasteiger partial charge < -0.3 is 5.32 Å². The van der Waals surface area contributed by atoms with Crippen LogP contribution in [-0.4, -0.2) is 12.0 Å². The van der Waals surface area contributed by atoms with E-state index in [0.29, 0.717) is 12.0 Å². The van der Waals surface area contributed by atoms with Crippen LogP contribution in [0.3, 0.4) is 0 Å². The first-order valence-corrected chi connectivity index (χ1v) is 8.09. The number of hydrogen-bond acceptors (Lipinski definition) is 1. The van der Waals surface area contributed by atoms with E-state index in [-0.39, 0.29) is 12.5 Å². The highest BCUT2D eigenvalue weighted by molar-refractivity contribution is 14.1. The molecule has 0 aliphatic heterocycles. The van der Waals surface area contributed by atoms with Gasteiger partial charge in [-0.25, -0.2) is 8.78 Å². The summed E-state index contributed by atoms with van der Waals surface area (Å²) in [5.74, 6) is -3.42. The van der Waals surface area contributed by atoms with E-state index in [4.69, 9.17) is 0 Å². The molecule has 1 nitrogen and oxygen atoms in total. The van der Waals surface area contributed by atoms with Crippen LogP contribution in [0.4, 0.5) is 14.5 Å². The summed E-state index contributed by atoms with van der Waals surface area (Å²) in [4.78, 5) is 0. The summed E-state index contributed by atoms with van der Waals surface area (Å²) in [5.41, 5.74) is 1.61. The summed E-state index contributed by atoms with van der Waals surface area (Å²) in [6.07, 6.45) is 0.423. The Morgan fingerprint density at radius 3 is 2.33 bits per heavy atom. The quantitative estimate of drug-likeness (QED) is 0.693. The zero-order valence-corrected chi connectivity index (χ0v) is 13.6. The molecule has 1 aliphatic rings. The Kier molecular flexibility index (Phi) is 4.15. The van der Waals surface area contributed by atoms with E-state index in [9.17, 15) is 8.78 Å². The summed E-state index contributed by atoms with van der Waals surface area (Å²) in [7, 11) is 0. The topological polar surface area (TPSA) is 12.0 Å². The molecule has 1 fully saturated rings. The Labute approximate surface area is 136 Å². The highest BCUT2D eigenvalue weighted by Gasteiger charge is 2.50. The monoisotopic (exact) mass is 399 g/mol. The second-order valence-electron chi connectivity index (χ2n) is 5.45. The zero-order valence-electron chi connectivity index (χ0n) is 11.4. The molecular weight excluding hydrogens is 383 g/mol. The molecule has 110 valence electrons. The predicted octanol–water partition coefficient (Wildman–Crippen LogP) is 5.28. The fourth-order valence-electron chi connectivity index (χ4n) is 3.01. The smallest absolute Gasteiger partial charge is 0.256 e. The highest BCUT2D eigenvalue weighted by Crippen LogP contribution is 2.47. The molecule has 2 aromatic rings. The van der Waals surface area contributed by atoms with Crippen molar-refractivity contribution in [3.63, 3.8) is 0 Å². The molecule has 0 aromatic heterocycles. The van der Waals surface area contributed by atoms with Gasteiger partial charge in [-0.3, -0.25) is 0 Å². The maximum absolute atomic E-state index is 14.3. The molecule has 0 amide bonds. The lowest BCUT2D eigenvalue weighted by atomic mass is 9.91. The van der Waals surface area contributed by atoms with Gasteiger partial charge >= 0.3 is 0 Å². The number of nitrogens with one attached hydrogen (secondary N) is 1. The summed E-state index contributed by atoms with van der Waals surface area (Å²) in [6.45, 7) is 0. The molecule has 2 atom stereocenters. The van der Waals surface area contributed by atoms with Gasteiger partial charge in [0, 0.05) is 21.7 Å². The van der Waals surface area contributed by atoms with E-state index in [1.807, 2.05) is 54.6 Å². The molecule has 0 heterocycles. The van der Waals surface area contributed by atoms with Gasteiger partial charge in [-0.05, 0) is 58.8 Å². The molecule has 4 heteroatoms. The van der Waals surface area contributed by atoms with E-state index in [0.717, 1.165) is 9.26 Å². The number of anilines is 1. The minimum Gasteiger partial charge on any atom is -0.381 e. The van der Waals surface area contributed by atoms with Crippen molar-refractivity contribution in [1.29, 1.82) is 0 Å². The summed E-state index contributed by atoms with van der Waals surface area (Å²) in [6, 6.07) is 16.8. The number of hydrogen-bond donors (Lipinski definition) is 1. The van der Waals surface area contributed by atoms with Gasteiger partial charge in [0.25, 0.3) is 5.92 Å². The average molecular weight is 399 g/mol. The maximum Gasteiger partial charge on any atom is 0.256 e. The summed E-state index contributed by atoms with van der Waals surface area (Å²) in [5, 5.41) is 3.28. The van der Waals surface area contributed by atoms with Crippen LogP contribution < -0.4 is 5.32 Å². The highest BCUT2D eigenvalue weighted by atomic mass is 127. The maximum atomic E-state index is 14.3. The van der Waals surface area contributed by atoms with Gasteiger partial charge in [0.15, 0.2) is 0 Å². The van der Waals surface area contributed by atoms with Crippen molar-refractivity contribution >= 4 is 28.3 Å². The molecule has 1 N–H and O–H groups in total. The summed E-state index contributed by atoms with van der Waals surface area (Å²) >= 11 is 2.19. The number of rotatable bonds is 3. The summed E-state index contributed by atoms with van der Waals surface area (Å²) < 4.78 is 29.7. The first-order chi connectivity index (χ1) is 10.1. The Bertz CT molecular complexity index is 598. The van der Waals surface area contributed by atoms with Gasteiger partial charge in [-0.1, -0.05) is 30.3 Å². The molecule has 0 bridgehead atoms. The van der Waals surface area contributed by atoms with E-state index in [2.05, 4.69) is 27.9 Å². The Morgan fingerprint density at radius 2 is 1.67 bits per heavy atom. The van der Waals surface area contributed by atoms with Crippen LogP contribution in [0, 0.1) is 3.57 Å². The number of halogens is 3. The Morgan fingerprint density at radius 1 is 1.00 bits per heavy atom. The van der Waals surface area contributed by atoms with Gasteiger partial charge in [0.1, 0.15) is 0 Å². The largest absolute Gasteiger partial charge is 0.381 e. The van der Waals surface area contributed by atoms with E-state index >= 15 is 0 Å². The number of para-hydroxylation sites is 1. The molecule has 2 aromatic carbocycles. The van der Waals surface area contributed by atoms with Crippen LogP contribution in [-0.2, 0) is 0 Å². The molecule has 1 saturated carbocycles. The Balaban J connectivity index is 1.87. The number of benzene rings is 2. The van der Waals surface area contributed by atoms with Gasteiger partial charge in [-0.15, -0.1) is 0 Å². The SMILES string of the molecule is FC1(F)CCC(Nc2ccccc2)C1c1ccc(I)cc1. The first-order valence-electron chi connectivity index (χ1n) is 7.01. The second-order valence-corrected chi connectivity index (χ2v) is 6.69. The second kappa shape index (κ2) is 5.91. The molecule has 0 spiro atoms.